The van der Waals surface area contributed by atoms with Gasteiger partial charge >= 0.3 is 0 Å². The SMILES string of the molecule is CN(Cc1cccc2[nH]ccc12)C(=O)Cn1nc(-c2ccccc2)ccc1=O. The van der Waals surface area contributed by atoms with Crippen LogP contribution in [-0.2, 0) is 17.9 Å². The summed E-state index contributed by atoms with van der Waals surface area (Å²) in [6, 6.07) is 20.7. The fourth-order valence-corrected chi connectivity index (χ4v) is 3.21. The molecule has 0 aliphatic heterocycles. The van der Waals surface area contributed by atoms with E-state index in [0.29, 0.717) is 12.2 Å². The van der Waals surface area contributed by atoms with E-state index in [1.807, 2.05) is 60.8 Å². The molecular weight excluding hydrogens is 352 g/mol. The predicted molar refractivity (Wildman–Crippen MR) is 109 cm³/mol. The molecule has 0 saturated heterocycles. The van der Waals surface area contributed by atoms with Crippen molar-refractivity contribution in [3.63, 3.8) is 0 Å². The van der Waals surface area contributed by atoms with Crippen LogP contribution < -0.4 is 5.56 Å². The molecule has 1 amide bonds. The van der Waals surface area contributed by atoms with Crippen LogP contribution in [0.2, 0.25) is 0 Å². The van der Waals surface area contributed by atoms with Crippen molar-refractivity contribution in [2.75, 3.05) is 7.05 Å². The first-order valence-corrected chi connectivity index (χ1v) is 9.04. The number of likely N-dealkylation sites (N-methyl/N-ethyl adjacent to an activating group) is 1. The highest BCUT2D eigenvalue weighted by Gasteiger charge is 2.14. The summed E-state index contributed by atoms with van der Waals surface area (Å²) < 4.78 is 1.22. The van der Waals surface area contributed by atoms with Crippen molar-refractivity contribution in [1.82, 2.24) is 19.7 Å². The zero-order valence-electron chi connectivity index (χ0n) is 15.5. The van der Waals surface area contributed by atoms with Crippen molar-refractivity contribution in [2.24, 2.45) is 0 Å². The largest absolute Gasteiger partial charge is 0.361 e. The number of aromatic nitrogens is 3. The molecule has 0 spiro atoms. The molecule has 4 aromatic rings. The van der Waals surface area contributed by atoms with Gasteiger partial charge in [0.15, 0.2) is 0 Å². The van der Waals surface area contributed by atoms with Crippen LogP contribution in [0, 0.1) is 0 Å². The number of nitrogens with one attached hydrogen (secondary N) is 1. The maximum Gasteiger partial charge on any atom is 0.267 e. The minimum atomic E-state index is -0.297. The van der Waals surface area contributed by atoms with Crippen LogP contribution in [0.3, 0.4) is 0 Å². The summed E-state index contributed by atoms with van der Waals surface area (Å²) in [5.74, 6) is -0.174. The Morgan fingerprint density at radius 2 is 1.86 bits per heavy atom. The Balaban J connectivity index is 1.53. The second-order valence-electron chi connectivity index (χ2n) is 6.69. The molecule has 0 fully saturated rings. The standard InChI is InChI=1S/C22H20N4O2/c1-25(14-17-8-5-9-20-18(17)12-13-23-20)22(28)15-26-21(27)11-10-19(24-26)16-6-3-2-4-7-16/h2-13,23H,14-15H2,1H3. The number of fused-ring (bicyclic) bond motifs is 1. The van der Waals surface area contributed by atoms with Crippen LogP contribution >= 0.6 is 0 Å². The minimum Gasteiger partial charge on any atom is -0.361 e. The smallest absolute Gasteiger partial charge is 0.267 e. The zero-order chi connectivity index (χ0) is 19.5. The van der Waals surface area contributed by atoms with E-state index in [2.05, 4.69) is 10.1 Å². The van der Waals surface area contributed by atoms with E-state index in [-0.39, 0.29) is 18.0 Å². The predicted octanol–water partition coefficient (Wildman–Crippen LogP) is 3.05. The third-order valence-electron chi connectivity index (χ3n) is 4.74. The number of rotatable bonds is 5. The van der Waals surface area contributed by atoms with E-state index in [1.165, 1.54) is 10.7 Å². The van der Waals surface area contributed by atoms with E-state index in [0.717, 1.165) is 22.0 Å². The number of hydrogen-bond donors (Lipinski definition) is 1. The number of hydrogen-bond acceptors (Lipinski definition) is 3. The third-order valence-corrected chi connectivity index (χ3v) is 4.74. The van der Waals surface area contributed by atoms with Gasteiger partial charge in [0.25, 0.3) is 5.56 Å². The van der Waals surface area contributed by atoms with Gasteiger partial charge in [-0.1, -0.05) is 42.5 Å². The number of carbonyl (C=O) groups excluding carboxylic acids is 1. The summed E-state index contributed by atoms with van der Waals surface area (Å²) in [5, 5.41) is 5.45. The maximum absolute atomic E-state index is 12.7. The number of nitrogens with zero attached hydrogens (tertiary/aromatic N) is 3. The molecule has 2 aromatic carbocycles. The van der Waals surface area contributed by atoms with Gasteiger partial charge in [-0.2, -0.15) is 5.10 Å². The fourth-order valence-electron chi connectivity index (χ4n) is 3.21. The number of H-pyrrole nitrogens is 1. The molecule has 4 rings (SSSR count). The van der Waals surface area contributed by atoms with Crippen molar-refractivity contribution in [3.05, 3.63) is 88.8 Å². The molecule has 6 nitrogen and oxygen atoms in total. The summed E-state index contributed by atoms with van der Waals surface area (Å²) in [5.41, 5.74) is 3.35. The Morgan fingerprint density at radius 1 is 1.04 bits per heavy atom. The Morgan fingerprint density at radius 3 is 2.68 bits per heavy atom. The van der Waals surface area contributed by atoms with Crippen LogP contribution in [0.15, 0.2) is 77.7 Å². The van der Waals surface area contributed by atoms with Crippen molar-refractivity contribution >= 4 is 16.8 Å². The number of aromatic amines is 1. The lowest BCUT2D eigenvalue weighted by Gasteiger charge is -2.18. The summed E-state index contributed by atoms with van der Waals surface area (Å²) in [4.78, 5) is 29.7. The molecule has 1 N–H and O–H groups in total. The highest BCUT2D eigenvalue weighted by Crippen LogP contribution is 2.19. The molecule has 0 aliphatic rings. The molecule has 2 heterocycles. The molecule has 0 bridgehead atoms. The molecule has 0 aliphatic carbocycles. The lowest BCUT2D eigenvalue weighted by atomic mass is 10.1. The van der Waals surface area contributed by atoms with Crippen molar-refractivity contribution in [3.8, 4) is 11.3 Å². The first kappa shape index (κ1) is 17.7. The lowest BCUT2D eigenvalue weighted by molar-refractivity contribution is -0.131. The summed E-state index contributed by atoms with van der Waals surface area (Å²) >= 11 is 0. The highest BCUT2D eigenvalue weighted by molar-refractivity contribution is 5.83. The molecular formula is C22H20N4O2. The topological polar surface area (TPSA) is 71.0 Å². The first-order valence-electron chi connectivity index (χ1n) is 9.04. The van der Waals surface area contributed by atoms with E-state index in [9.17, 15) is 9.59 Å². The van der Waals surface area contributed by atoms with E-state index in [4.69, 9.17) is 0 Å². The minimum absolute atomic E-state index is 0.0981. The van der Waals surface area contributed by atoms with Crippen molar-refractivity contribution in [1.29, 1.82) is 0 Å². The van der Waals surface area contributed by atoms with Crippen LogP contribution in [0.4, 0.5) is 0 Å². The summed E-state index contributed by atoms with van der Waals surface area (Å²) in [6.07, 6.45) is 1.88. The van der Waals surface area contributed by atoms with Gasteiger partial charge in [-0.3, -0.25) is 9.59 Å². The van der Waals surface area contributed by atoms with Gasteiger partial charge in [0.1, 0.15) is 6.54 Å². The number of amides is 1. The molecule has 28 heavy (non-hydrogen) atoms. The van der Waals surface area contributed by atoms with Gasteiger partial charge in [0.2, 0.25) is 5.91 Å². The fraction of sp³-hybridized carbons (Fsp3) is 0.136. The van der Waals surface area contributed by atoms with Crippen molar-refractivity contribution < 1.29 is 4.79 Å². The molecule has 0 radical (unpaired) electrons. The van der Waals surface area contributed by atoms with Crippen LogP contribution in [0.5, 0.6) is 0 Å². The Labute approximate surface area is 162 Å². The van der Waals surface area contributed by atoms with Gasteiger partial charge in [0.05, 0.1) is 5.69 Å². The van der Waals surface area contributed by atoms with Crippen LogP contribution in [0.1, 0.15) is 5.56 Å². The molecule has 0 unspecified atom stereocenters. The Kier molecular flexibility index (Phi) is 4.76. The highest BCUT2D eigenvalue weighted by atomic mass is 16.2. The Hall–Kier alpha value is -3.67. The average molecular weight is 372 g/mol. The van der Waals surface area contributed by atoms with Gasteiger partial charge in [-0.25, -0.2) is 4.68 Å². The molecule has 0 saturated carbocycles. The van der Waals surface area contributed by atoms with Gasteiger partial charge < -0.3 is 9.88 Å². The average Bonchev–Trinajstić information content (AvgIpc) is 3.20. The van der Waals surface area contributed by atoms with Crippen LogP contribution in [0.25, 0.3) is 22.2 Å². The van der Waals surface area contributed by atoms with Gasteiger partial charge in [-0.15, -0.1) is 0 Å². The summed E-state index contributed by atoms with van der Waals surface area (Å²) in [6.45, 7) is 0.361. The Bertz CT molecular complexity index is 1180. The number of benzene rings is 2. The van der Waals surface area contributed by atoms with Crippen LogP contribution in [-0.4, -0.2) is 32.6 Å². The van der Waals surface area contributed by atoms with E-state index >= 15 is 0 Å². The monoisotopic (exact) mass is 372 g/mol. The van der Waals surface area contributed by atoms with E-state index < -0.39 is 0 Å². The normalized spacial score (nSPS) is 10.9. The molecule has 0 atom stereocenters. The number of carbonyl (C=O) groups is 1. The molecule has 2 aromatic heterocycles. The first-order chi connectivity index (χ1) is 13.6. The quantitative estimate of drug-likeness (QED) is 0.585. The second-order valence-corrected chi connectivity index (χ2v) is 6.69. The lowest BCUT2D eigenvalue weighted by Crippen LogP contribution is -2.34. The second kappa shape index (κ2) is 7.52. The van der Waals surface area contributed by atoms with Crippen molar-refractivity contribution in [2.45, 2.75) is 13.1 Å². The van der Waals surface area contributed by atoms with Gasteiger partial charge in [-0.05, 0) is 23.8 Å². The molecule has 6 heteroatoms. The van der Waals surface area contributed by atoms with Gasteiger partial charge in [0, 0.05) is 42.3 Å². The molecule has 140 valence electrons. The summed E-state index contributed by atoms with van der Waals surface area (Å²) in [7, 11) is 1.74. The maximum atomic E-state index is 12.7. The third kappa shape index (κ3) is 3.57. The zero-order valence-corrected chi connectivity index (χ0v) is 15.5. The van der Waals surface area contributed by atoms with E-state index in [1.54, 1.807) is 18.0 Å².